The number of para-hydroxylation sites is 1. The Bertz CT molecular complexity index is 291. The van der Waals surface area contributed by atoms with E-state index < -0.39 is 6.10 Å². The van der Waals surface area contributed by atoms with E-state index in [9.17, 15) is 0 Å². The summed E-state index contributed by atoms with van der Waals surface area (Å²) in [6, 6.07) is 7.61. The van der Waals surface area contributed by atoms with Crippen LogP contribution in [0.25, 0.3) is 0 Å². The Morgan fingerprint density at radius 1 is 1.40 bits per heavy atom. The van der Waals surface area contributed by atoms with Gasteiger partial charge in [0, 0.05) is 12.1 Å². The monoisotopic (exact) mass is 211 g/mol. The predicted molar refractivity (Wildman–Crippen MR) is 57.8 cm³/mol. The molecule has 0 aromatic heterocycles. The highest BCUT2D eigenvalue weighted by molar-refractivity contribution is 5.33. The molecule has 0 radical (unpaired) electrons. The third-order valence-electron chi connectivity index (χ3n) is 1.98. The van der Waals surface area contributed by atoms with Gasteiger partial charge in [-0.2, -0.15) is 0 Å². The third kappa shape index (κ3) is 3.87. The van der Waals surface area contributed by atoms with Gasteiger partial charge >= 0.3 is 0 Å². The van der Waals surface area contributed by atoms with E-state index in [-0.39, 0.29) is 13.2 Å². The molecule has 0 bridgehead atoms. The maximum Gasteiger partial charge on any atom is 0.123 e. The summed E-state index contributed by atoms with van der Waals surface area (Å²) in [6.45, 7) is 0.539. The Hall–Kier alpha value is -1.10. The van der Waals surface area contributed by atoms with Crippen LogP contribution >= 0.6 is 0 Å². The van der Waals surface area contributed by atoms with Crippen LogP contribution in [0.15, 0.2) is 24.3 Å². The van der Waals surface area contributed by atoms with Crippen LogP contribution in [0.5, 0.6) is 5.75 Å². The molecule has 0 aliphatic heterocycles. The van der Waals surface area contributed by atoms with E-state index in [2.05, 4.69) is 5.32 Å². The standard InChI is InChI=1S/C11H17NO3/c1-12-6-9-4-2-3-5-11(9)15-8-10(14)7-13/h2-5,10,12-14H,6-8H2,1H3. The van der Waals surface area contributed by atoms with E-state index in [1.165, 1.54) is 0 Å². The molecule has 1 atom stereocenters. The lowest BCUT2D eigenvalue weighted by atomic mass is 10.2. The highest BCUT2D eigenvalue weighted by Gasteiger charge is 2.05. The molecule has 1 aromatic carbocycles. The number of hydrogen-bond acceptors (Lipinski definition) is 4. The van der Waals surface area contributed by atoms with Crippen molar-refractivity contribution in [2.24, 2.45) is 0 Å². The van der Waals surface area contributed by atoms with Gasteiger partial charge in [-0.3, -0.25) is 0 Å². The maximum atomic E-state index is 9.15. The van der Waals surface area contributed by atoms with E-state index >= 15 is 0 Å². The normalized spacial score (nSPS) is 12.5. The Kier molecular flexibility index (Phi) is 5.10. The molecule has 0 saturated carbocycles. The van der Waals surface area contributed by atoms with E-state index in [4.69, 9.17) is 14.9 Å². The average molecular weight is 211 g/mol. The van der Waals surface area contributed by atoms with Crippen molar-refractivity contribution in [2.75, 3.05) is 20.3 Å². The second kappa shape index (κ2) is 6.40. The first-order valence-corrected chi connectivity index (χ1v) is 4.92. The van der Waals surface area contributed by atoms with Gasteiger partial charge in [-0.05, 0) is 13.1 Å². The highest BCUT2D eigenvalue weighted by atomic mass is 16.5. The first kappa shape index (κ1) is 12.0. The summed E-state index contributed by atoms with van der Waals surface area (Å²) in [5.74, 6) is 0.736. The summed E-state index contributed by atoms with van der Waals surface area (Å²) >= 11 is 0. The number of hydrogen-bond donors (Lipinski definition) is 3. The zero-order valence-corrected chi connectivity index (χ0v) is 8.81. The van der Waals surface area contributed by atoms with Gasteiger partial charge in [-0.1, -0.05) is 18.2 Å². The van der Waals surface area contributed by atoms with Gasteiger partial charge in [0.15, 0.2) is 0 Å². The largest absolute Gasteiger partial charge is 0.490 e. The molecule has 1 rings (SSSR count). The molecule has 0 heterocycles. The van der Waals surface area contributed by atoms with Gasteiger partial charge < -0.3 is 20.3 Å². The minimum absolute atomic E-state index is 0.108. The van der Waals surface area contributed by atoms with Crippen LogP contribution in [0.1, 0.15) is 5.56 Å². The second-order valence-electron chi connectivity index (χ2n) is 3.29. The fourth-order valence-corrected chi connectivity index (χ4v) is 1.22. The lowest BCUT2D eigenvalue weighted by Gasteiger charge is -2.13. The smallest absolute Gasteiger partial charge is 0.123 e. The number of benzene rings is 1. The molecule has 0 spiro atoms. The van der Waals surface area contributed by atoms with Crippen LogP contribution < -0.4 is 10.1 Å². The summed E-state index contributed by atoms with van der Waals surface area (Å²) in [7, 11) is 1.86. The molecule has 0 aliphatic rings. The maximum absolute atomic E-state index is 9.15. The molecule has 1 aromatic rings. The molecular weight excluding hydrogens is 194 g/mol. The number of nitrogens with one attached hydrogen (secondary N) is 1. The van der Waals surface area contributed by atoms with Crippen molar-refractivity contribution in [2.45, 2.75) is 12.6 Å². The van der Waals surface area contributed by atoms with Crippen LogP contribution in [0.2, 0.25) is 0 Å². The number of rotatable bonds is 6. The summed E-state index contributed by atoms with van der Waals surface area (Å²) in [5.41, 5.74) is 1.03. The van der Waals surface area contributed by atoms with Crippen LogP contribution in [-0.4, -0.2) is 36.6 Å². The topological polar surface area (TPSA) is 61.7 Å². The molecule has 0 aliphatic carbocycles. The Morgan fingerprint density at radius 2 is 2.13 bits per heavy atom. The lowest BCUT2D eigenvalue weighted by molar-refractivity contribution is 0.0533. The van der Waals surface area contributed by atoms with E-state index in [0.29, 0.717) is 6.54 Å². The molecule has 4 heteroatoms. The van der Waals surface area contributed by atoms with Crippen molar-refractivity contribution in [3.8, 4) is 5.75 Å². The van der Waals surface area contributed by atoms with Gasteiger partial charge in [-0.25, -0.2) is 0 Å². The Labute approximate surface area is 89.5 Å². The first-order chi connectivity index (χ1) is 7.27. The molecule has 4 nitrogen and oxygen atoms in total. The predicted octanol–water partition coefficient (Wildman–Crippen LogP) is 0.138. The quantitative estimate of drug-likeness (QED) is 0.626. The molecule has 15 heavy (non-hydrogen) atoms. The SMILES string of the molecule is CNCc1ccccc1OCC(O)CO. The Morgan fingerprint density at radius 3 is 2.80 bits per heavy atom. The van der Waals surface area contributed by atoms with Crippen molar-refractivity contribution in [1.29, 1.82) is 0 Å². The van der Waals surface area contributed by atoms with E-state index in [0.717, 1.165) is 11.3 Å². The Balaban J connectivity index is 2.58. The van der Waals surface area contributed by atoms with Gasteiger partial charge in [0.2, 0.25) is 0 Å². The number of aliphatic hydroxyl groups excluding tert-OH is 2. The molecule has 0 amide bonds. The molecule has 1 unspecified atom stereocenters. The van der Waals surface area contributed by atoms with Crippen molar-refractivity contribution in [3.63, 3.8) is 0 Å². The van der Waals surface area contributed by atoms with Crippen LogP contribution in [0, 0.1) is 0 Å². The zero-order valence-electron chi connectivity index (χ0n) is 8.81. The number of aliphatic hydroxyl groups is 2. The highest BCUT2D eigenvalue weighted by Crippen LogP contribution is 2.17. The van der Waals surface area contributed by atoms with Gasteiger partial charge in [0.25, 0.3) is 0 Å². The van der Waals surface area contributed by atoms with Crippen LogP contribution in [-0.2, 0) is 6.54 Å². The molecule has 0 saturated heterocycles. The zero-order chi connectivity index (χ0) is 11.1. The van der Waals surface area contributed by atoms with Crippen molar-refractivity contribution >= 4 is 0 Å². The number of ether oxygens (including phenoxy) is 1. The summed E-state index contributed by atoms with van der Waals surface area (Å²) in [5, 5.41) is 20.8. The fourth-order valence-electron chi connectivity index (χ4n) is 1.22. The summed E-state index contributed by atoms with van der Waals surface area (Å²) < 4.78 is 5.39. The summed E-state index contributed by atoms with van der Waals surface area (Å²) in [6.07, 6.45) is -0.826. The lowest BCUT2D eigenvalue weighted by Crippen LogP contribution is -2.22. The third-order valence-corrected chi connectivity index (χ3v) is 1.98. The molecule has 0 fully saturated rings. The summed E-state index contributed by atoms with van der Waals surface area (Å²) in [4.78, 5) is 0. The van der Waals surface area contributed by atoms with Gasteiger partial charge in [0.05, 0.1) is 6.61 Å². The van der Waals surface area contributed by atoms with Crippen molar-refractivity contribution in [3.05, 3.63) is 29.8 Å². The van der Waals surface area contributed by atoms with Gasteiger partial charge in [-0.15, -0.1) is 0 Å². The van der Waals surface area contributed by atoms with E-state index in [1.54, 1.807) is 0 Å². The molecular formula is C11H17NO3. The second-order valence-corrected chi connectivity index (χ2v) is 3.29. The van der Waals surface area contributed by atoms with Gasteiger partial charge in [0.1, 0.15) is 18.5 Å². The first-order valence-electron chi connectivity index (χ1n) is 4.92. The minimum atomic E-state index is -0.826. The van der Waals surface area contributed by atoms with Crippen molar-refractivity contribution < 1.29 is 14.9 Å². The minimum Gasteiger partial charge on any atom is -0.490 e. The van der Waals surface area contributed by atoms with Crippen LogP contribution in [0.4, 0.5) is 0 Å². The molecule has 3 N–H and O–H groups in total. The molecule has 84 valence electrons. The fraction of sp³-hybridized carbons (Fsp3) is 0.455. The van der Waals surface area contributed by atoms with Crippen LogP contribution in [0.3, 0.4) is 0 Å². The average Bonchev–Trinajstić information content (AvgIpc) is 2.28. The van der Waals surface area contributed by atoms with Crippen molar-refractivity contribution in [1.82, 2.24) is 5.32 Å². The van der Waals surface area contributed by atoms with E-state index in [1.807, 2.05) is 31.3 Å².